The zero-order valence-electron chi connectivity index (χ0n) is 18.6. The van der Waals surface area contributed by atoms with Crippen LogP contribution in [0.4, 0.5) is 0 Å². The van der Waals surface area contributed by atoms with Crippen molar-refractivity contribution in [3.8, 4) is 0 Å². The number of unbranched alkanes of at least 4 members (excludes halogenated alkanes) is 2. The van der Waals surface area contributed by atoms with Gasteiger partial charge in [-0.3, -0.25) is 9.20 Å². The Labute approximate surface area is 180 Å². The predicted octanol–water partition coefficient (Wildman–Crippen LogP) is 5.96. The second-order valence-electron chi connectivity index (χ2n) is 8.62. The number of hydrogen-bond acceptors (Lipinski definition) is 3. The van der Waals surface area contributed by atoms with E-state index in [4.69, 9.17) is 0 Å². The quantitative estimate of drug-likeness (QED) is 0.423. The maximum atomic E-state index is 12.4. The van der Waals surface area contributed by atoms with Crippen LogP contribution in [0.2, 0.25) is 0 Å². The molecule has 0 bridgehead atoms. The summed E-state index contributed by atoms with van der Waals surface area (Å²) in [5.41, 5.74) is 8.64. The van der Waals surface area contributed by atoms with Crippen molar-refractivity contribution in [2.45, 2.75) is 65.7 Å². The maximum absolute atomic E-state index is 12.4. The van der Waals surface area contributed by atoms with Crippen LogP contribution in [0.25, 0.3) is 11.3 Å². The number of imidazole rings is 1. The molecule has 0 N–H and O–H groups in total. The van der Waals surface area contributed by atoms with Crippen molar-refractivity contribution < 1.29 is 4.79 Å². The first-order chi connectivity index (χ1) is 14.6. The standard InChI is InChI=1S/C26H33N3O/c1-4-5-6-12-23(20(3)30)22-14-16-28(18-19(22)2)26(21-10-9-11-21)24-17-27-25-13-7-8-15-29(24)25/h7-8,12-13,15,17H,4-6,9-11,14,16,18H2,1-3H3/b23-12-. The molecule has 0 aromatic carbocycles. The summed E-state index contributed by atoms with van der Waals surface area (Å²) in [5, 5.41) is 0. The highest BCUT2D eigenvalue weighted by atomic mass is 16.1. The van der Waals surface area contributed by atoms with Gasteiger partial charge in [0.25, 0.3) is 0 Å². The van der Waals surface area contributed by atoms with Crippen LogP contribution in [-0.4, -0.2) is 33.2 Å². The molecule has 1 fully saturated rings. The third-order valence-electron chi connectivity index (χ3n) is 6.45. The van der Waals surface area contributed by atoms with E-state index in [0.29, 0.717) is 0 Å². The van der Waals surface area contributed by atoms with Gasteiger partial charge in [0.15, 0.2) is 5.78 Å². The van der Waals surface area contributed by atoms with E-state index in [1.54, 1.807) is 12.5 Å². The monoisotopic (exact) mass is 403 g/mol. The highest BCUT2D eigenvalue weighted by molar-refractivity contribution is 5.98. The molecule has 4 heteroatoms. The van der Waals surface area contributed by atoms with Crippen LogP contribution in [-0.2, 0) is 4.79 Å². The normalized spacial score (nSPS) is 17.5. The Bertz CT molecular complexity index is 1030. The van der Waals surface area contributed by atoms with Crippen LogP contribution in [0.3, 0.4) is 0 Å². The van der Waals surface area contributed by atoms with Gasteiger partial charge < -0.3 is 4.90 Å². The maximum Gasteiger partial charge on any atom is 0.159 e. The number of carbonyl (C=O) groups excluding carboxylic acids is 1. The molecule has 4 rings (SSSR count). The predicted molar refractivity (Wildman–Crippen MR) is 123 cm³/mol. The van der Waals surface area contributed by atoms with Gasteiger partial charge >= 0.3 is 0 Å². The van der Waals surface area contributed by atoms with Gasteiger partial charge in [-0.25, -0.2) is 4.98 Å². The Balaban J connectivity index is 1.66. The second-order valence-corrected chi connectivity index (χ2v) is 8.62. The van der Waals surface area contributed by atoms with Gasteiger partial charge in [-0.05, 0) is 69.2 Å². The smallest absolute Gasteiger partial charge is 0.159 e. The molecule has 1 saturated carbocycles. The van der Waals surface area contributed by atoms with E-state index in [1.165, 1.54) is 41.8 Å². The van der Waals surface area contributed by atoms with Crippen LogP contribution in [0.5, 0.6) is 0 Å². The molecule has 0 radical (unpaired) electrons. The molecule has 3 heterocycles. The summed E-state index contributed by atoms with van der Waals surface area (Å²) in [5.74, 6) is 0.202. The molecule has 30 heavy (non-hydrogen) atoms. The molecule has 4 nitrogen and oxygen atoms in total. The third-order valence-corrected chi connectivity index (χ3v) is 6.45. The fraction of sp³-hybridized carbons (Fsp3) is 0.462. The van der Waals surface area contributed by atoms with Gasteiger partial charge in [0.1, 0.15) is 5.65 Å². The summed E-state index contributed by atoms with van der Waals surface area (Å²) < 4.78 is 2.21. The topological polar surface area (TPSA) is 37.6 Å². The molecule has 0 saturated heterocycles. The molecule has 2 aliphatic rings. The molecular formula is C26H33N3O. The van der Waals surface area contributed by atoms with Crippen LogP contribution in [0.15, 0.2) is 59.0 Å². The first kappa shape index (κ1) is 20.6. The molecule has 2 aromatic rings. The second kappa shape index (κ2) is 9.03. The lowest BCUT2D eigenvalue weighted by molar-refractivity contribution is -0.113. The van der Waals surface area contributed by atoms with Crippen LogP contribution in [0.1, 0.15) is 71.4 Å². The van der Waals surface area contributed by atoms with Crippen molar-refractivity contribution in [3.63, 3.8) is 0 Å². The summed E-state index contributed by atoms with van der Waals surface area (Å²) in [6.45, 7) is 7.94. The number of carbonyl (C=O) groups is 1. The average molecular weight is 404 g/mol. The van der Waals surface area contributed by atoms with Crippen molar-refractivity contribution in [1.82, 2.24) is 14.3 Å². The van der Waals surface area contributed by atoms with Gasteiger partial charge in [0.05, 0.1) is 17.6 Å². The SMILES string of the molecule is CCCC/C=C(/C(C)=O)C1=C(C)CN(C(=C2CCC2)c2cnc3ccccn23)CC1. The molecule has 0 unspecified atom stereocenters. The first-order valence-electron chi connectivity index (χ1n) is 11.4. The van der Waals surface area contributed by atoms with E-state index in [0.717, 1.165) is 50.0 Å². The Morgan fingerprint density at radius 2 is 2.07 bits per heavy atom. The van der Waals surface area contributed by atoms with Crippen LogP contribution in [0, 0.1) is 0 Å². The molecule has 0 spiro atoms. The summed E-state index contributed by atoms with van der Waals surface area (Å²) in [7, 11) is 0. The lowest BCUT2D eigenvalue weighted by Gasteiger charge is -2.37. The molecule has 0 amide bonds. The van der Waals surface area contributed by atoms with E-state index in [1.807, 2.05) is 12.3 Å². The lowest BCUT2D eigenvalue weighted by atomic mass is 9.87. The number of hydrogen-bond donors (Lipinski definition) is 0. The average Bonchev–Trinajstić information content (AvgIpc) is 3.12. The summed E-state index contributed by atoms with van der Waals surface area (Å²) >= 11 is 0. The van der Waals surface area contributed by atoms with Crippen molar-refractivity contribution in [2.24, 2.45) is 0 Å². The lowest BCUT2D eigenvalue weighted by Crippen LogP contribution is -2.32. The number of fused-ring (bicyclic) bond motifs is 1. The zero-order valence-corrected chi connectivity index (χ0v) is 18.6. The van der Waals surface area contributed by atoms with Gasteiger partial charge in [-0.15, -0.1) is 0 Å². The Kier molecular flexibility index (Phi) is 6.21. The minimum absolute atomic E-state index is 0.202. The van der Waals surface area contributed by atoms with Gasteiger partial charge in [-0.2, -0.15) is 0 Å². The van der Waals surface area contributed by atoms with Crippen molar-refractivity contribution >= 4 is 17.1 Å². The largest absolute Gasteiger partial charge is 0.365 e. The highest BCUT2D eigenvalue weighted by Crippen LogP contribution is 2.38. The first-order valence-corrected chi connectivity index (χ1v) is 11.4. The van der Waals surface area contributed by atoms with E-state index in [9.17, 15) is 4.79 Å². The zero-order chi connectivity index (χ0) is 21.1. The van der Waals surface area contributed by atoms with Gasteiger partial charge in [0, 0.05) is 24.9 Å². The van der Waals surface area contributed by atoms with Gasteiger partial charge in [-0.1, -0.05) is 37.5 Å². The Hall–Kier alpha value is -2.62. The summed E-state index contributed by atoms with van der Waals surface area (Å²) in [6, 6.07) is 6.17. The van der Waals surface area contributed by atoms with Crippen molar-refractivity contribution in [1.29, 1.82) is 0 Å². The molecule has 1 aliphatic carbocycles. The number of nitrogens with zero attached hydrogens (tertiary/aromatic N) is 3. The number of ketones is 1. The van der Waals surface area contributed by atoms with Crippen molar-refractivity contribution in [3.05, 3.63) is 64.7 Å². The number of pyridine rings is 1. The van der Waals surface area contributed by atoms with Crippen LogP contribution < -0.4 is 0 Å². The van der Waals surface area contributed by atoms with E-state index in [-0.39, 0.29) is 5.78 Å². The molecule has 0 atom stereocenters. The molecule has 158 valence electrons. The highest BCUT2D eigenvalue weighted by Gasteiger charge is 2.27. The number of allylic oxidation sites excluding steroid dienone is 3. The molecule has 2 aromatic heterocycles. The van der Waals surface area contributed by atoms with Gasteiger partial charge in [0.2, 0.25) is 0 Å². The molecule has 1 aliphatic heterocycles. The minimum atomic E-state index is 0.202. The van der Waals surface area contributed by atoms with Crippen molar-refractivity contribution in [2.75, 3.05) is 13.1 Å². The Morgan fingerprint density at radius 1 is 1.23 bits per heavy atom. The number of aromatic nitrogens is 2. The molecular weight excluding hydrogens is 370 g/mol. The minimum Gasteiger partial charge on any atom is -0.365 e. The summed E-state index contributed by atoms with van der Waals surface area (Å²) in [4.78, 5) is 19.5. The van der Waals surface area contributed by atoms with E-state index < -0.39 is 0 Å². The number of rotatable bonds is 7. The Morgan fingerprint density at radius 3 is 2.73 bits per heavy atom. The fourth-order valence-electron chi connectivity index (χ4n) is 4.67. The number of Topliss-reactive ketones (excluding diaryl/α,β-unsaturated/α-hetero) is 1. The summed E-state index contributed by atoms with van der Waals surface area (Å²) in [6.07, 6.45) is 14.2. The van der Waals surface area contributed by atoms with E-state index >= 15 is 0 Å². The fourth-order valence-corrected chi connectivity index (χ4v) is 4.67. The van der Waals surface area contributed by atoms with Crippen LogP contribution >= 0.6 is 0 Å². The van der Waals surface area contributed by atoms with E-state index in [2.05, 4.69) is 52.5 Å². The third kappa shape index (κ3) is 4.00.